The fraction of sp³-hybridized carbons (Fsp3) is 1.00. The highest BCUT2D eigenvalue weighted by Crippen LogP contribution is 2.30. The number of hydrogen-bond donors (Lipinski definition) is 0. The highest BCUT2D eigenvalue weighted by molar-refractivity contribution is 4.85. The van der Waals surface area contributed by atoms with Gasteiger partial charge in [0.2, 0.25) is 0 Å². The lowest BCUT2D eigenvalue weighted by Gasteiger charge is -2.23. The third-order valence-electron chi connectivity index (χ3n) is 4.10. The summed E-state index contributed by atoms with van der Waals surface area (Å²) in [6.45, 7) is 3.59. The molecule has 0 spiro atoms. The zero-order valence-corrected chi connectivity index (χ0v) is 11.2. The van der Waals surface area contributed by atoms with Gasteiger partial charge in [-0.25, -0.2) is 0 Å². The van der Waals surface area contributed by atoms with Gasteiger partial charge >= 0.3 is 0 Å². The van der Waals surface area contributed by atoms with E-state index in [1.54, 1.807) is 0 Å². The van der Waals surface area contributed by atoms with Crippen molar-refractivity contribution in [3.63, 3.8) is 0 Å². The first-order valence-electron chi connectivity index (χ1n) is 7.47. The van der Waals surface area contributed by atoms with Crippen molar-refractivity contribution >= 4 is 0 Å². The van der Waals surface area contributed by atoms with Crippen molar-refractivity contribution in [3.05, 3.63) is 0 Å². The van der Waals surface area contributed by atoms with Gasteiger partial charge in [-0.15, -0.1) is 0 Å². The molecule has 0 bridgehead atoms. The molecule has 0 radical (unpaired) electrons. The first-order valence-corrected chi connectivity index (χ1v) is 7.47. The molecule has 4 aliphatic rings. The Morgan fingerprint density at radius 1 is 0.632 bits per heavy atom. The van der Waals surface area contributed by atoms with Gasteiger partial charge in [0, 0.05) is 25.7 Å². The molecule has 5 heteroatoms. The average Bonchev–Trinajstić information content (AvgIpc) is 3.17. The minimum atomic E-state index is 0.266. The summed E-state index contributed by atoms with van der Waals surface area (Å²) in [5, 5.41) is 0. The molecule has 5 nitrogen and oxygen atoms in total. The second kappa shape index (κ2) is 5.30. The van der Waals surface area contributed by atoms with E-state index in [9.17, 15) is 0 Å². The summed E-state index contributed by atoms with van der Waals surface area (Å²) in [6, 6.07) is 0. The number of rotatable bonds is 10. The minimum Gasteiger partial charge on any atom is -0.375 e. The zero-order chi connectivity index (χ0) is 12.7. The largest absolute Gasteiger partial charge is 0.375 e. The van der Waals surface area contributed by atoms with Crippen molar-refractivity contribution in [2.24, 2.45) is 0 Å². The van der Waals surface area contributed by atoms with Gasteiger partial charge in [-0.3, -0.25) is 0 Å². The molecule has 4 atom stereocenters. The van der Waals surface area contributed by atoms with E-state index >= 15 is 0 Å². The molecule has 4 aliphatic heterocycles. The van der Waals surface area contributed by atoms with Crippen LogP contribution in [0.2, 0.25) is 0 Å². The Labute approximate surface area is 113 Å². The Balaban J connectivity index is 1.29. The van der Waals surface area contributed by atoms with Crippen molar-refractivity contribution in [2.45, 2.75) is 62.3 Å². The van der Waals surface area contributed by atoms with Crippen molar-refractivity contribution < 1.29 is 23.7 Å². The van der Waals surface area contributed by atoms with Crippen LogP contribution in [0, 0.1) is 0 Å². The molecule has 0 amide bonds. The molecule has 0 saturated carbocycles. The van der Waals surface area contributed by atoms with Crippen LogP contribution >= 0.6 is 0 Å². The fourth-order valence-electron chi connectivity index (χ4n) is 2.68. The molecular formula is C14H22O5. The maximum Gasteiger partial charge on any atom is 0.0834 e. The normalized spacial score (nSPS) is 41.7. The van der Waals surface area contributed by atoms with Gasteiger partial charge in [-0.2, -0.15) is 0 Å². The number of ether oxygens (including phenoxy) is 5. The van der Waals surface area contributed by atoms with Gasteiger partial charge in [0.15, 0.2) is 0 Å². The highest BCUT2D eigenvalue weighted by atomic mass is 16.6. The Morgan fingerprint density at radius 3 is 1.11 bits per heavy atom. The summed E-state index contributed by atoms with van der Waals surface area (Å²) >= 11 is 0. The van der Waals surface area contributed by atoms with Crippen LogP contribution in [0.15, 0.2) is 0 Å². The summed E-state index contributed by atoms with van der Waals surface area (Å²) in [5.41, 5.74) is 0. The van der Waals surface area contributed by atoms with E-state index in [2.05, 4.69) is 0 Å². The van der Waals surface area contributed by atoms with Crippen molar-refractivity contribution in [1.82, 2.24) is 0 Å². The Kier molecular flexibility index (Phi) is 3.49. The van der Waals surface area contributed by atoms with Crippen LogP contribution < -0.4 is 0 Å². The van der Waals surface area contributed by atoms with Gasteiger partial charge in [-0.1, -0.05) is 0 Å². The predicted molar refractivity (Wildman–Crippen MR) is 66.1 cm³/mol. The minimum absolute atomic E-state index is 0.266. The highest BCUT2D eigenvalue weighted by Gasteiger charge is 2.37. The van der Waals surface area contributed by atoms with Crippen LogP contribution in [0.1, 0.15) is 25.7 Å². The van der Waals surface area contributed by atoms with Crippen LogP contribution in [-0.2, 0) is 23.7 Å². The van der Waals surface area contributed by atoms with Crippen LogP contribution in [0.3, 0.4) is 0 Å². The van der Waals surface area contributed by atoms with Gasteiger partial charge in [-0.05, 0) is 0 Å². The molecule has 4 fully saturated rings. The molecule has 4 heterocycles. The number of hydrogen-bond acceptors (Lipinski definition) is 5. The molecule has 0 aromatic heterocycles. The van der Waals surface area contributed by atoms with E-state index in [1.165, 1.54) is 0 Å². The lowest BCUT2D eigenvalue weighted by Crippen LogP contribution is -2.27. The molecule has 4 rings (SSSR count). The van der Waals surface area contributed by atoms with E-state index < -0.39 is 0 Å². The summed E-state index contributed by atoms with van der Waals surface area (Å²) in [4.78, 5) is 0. The molecule has 4 saturated heterocycles. The van der Waals surface area contributed by atoms with E-state index in [4.69, 9.17) is 23.7 Å². The van der Waals surface area contributed by atoms with Gasteiger partial charge in [0.05, 0.1) is 63.1 Å². The van der Waals surface area contributed by atoms with Crippen molar-refractivity contribution in [1.29, 1.82) is 0 Å². The second-order valence-corrected chi connectivity index (χ2v) is 6.14. The molecule has 19 heavy (non-hydrogen) atoms. The molecule has 0 aliphatic carbocycles. The smallest absolute Gasteiger partial charge is 0.0834 e. The van der Waals surface area contributed by atoms with Crippen LogP contribution in [0.4, 0.5) is 0 Å². The van der Waals surface area contributed by atoms with E-state index in [0.717, 1.165) is 52.1 Å². The first-order chi connectivity index (χ1) is 9.35. The lowest BCUT2D eigenvalue weighted by molar-refractivity contribution is -0.0393. The maximum absolute atomic E-state index is 6.33. The van der Waals surface area contributed by atoms with Gasteiger partial charge in [0.1, 0.15) is 0 Å². The van der Waals surface area contributed by atoms with Gasteiger partial charge < -0.3 is 23.7 Å². The third-order valence-corrected chi connectivity index (χ3v) is 4.10. The summed E-state index contributed by atoms with van der Waals surface area (Å²) in [5.74, 6) is 0. The SMILES string of the molecule is C1OC1CC(CC1CO1)OC(CC1CO1)CC1CO1. The summed E-state index contributed by atoms with van der Waals surface area (Å²) in [7, 11) is 0. The van der Waals surface area contributed by atoms with E-state index in [-0.39, 0.29) is 12.2 Å². The number of epoxide rings is 4. The van der Waals surface area contributed by atoms with Crippen LogP contribution in [-0.4, -0.2) is 63.1 Å². The second-order valence-electron chi connectivity index (χ2n) is 6.14. The van der Waals surface area contributed by atoms with Crippen LogP contribution in [0.5, 0.6) is 0 Å². The maximum atomic E-state index is 6.33. The van der Waals surface area contributed by atoms with Gasteiger partial charge in [0.25, 0.3) is 0 Å². The molecular weight excluding hydrogens is 248 g/mol. The van der Waals surface area contributed by atoms with E-state index in [1.807, 2.05) is 0 Å². The summed E-state index contributed by atoms with van der Waals surface area (Å²) in [6.07, 6.45) is 6.22. The van der Waals surface area contributed by atoms with Crippen molar-refractivity contribution in [3.8, 4) is 0 Å². The molecule has 0 aromatic carbocycles. The quantitative estimate of drug-likeness (QED) is 0.552. The lowest BCUT2D eigenvalue weighted by atomic mass is 10.1. The standard InChI is InChI=1S/C14H22O5/c1(11-5-15-11)9(2-12-6-16-12)19-10(3-13-7-17-13)4-14-8-18-14/h9-14H,1-8H2. The Hall–Kier alpha value is -0.200. The molecule has 4 unspecified atom stereocenters. The first kappa shape index (κ1) is 12.5. The fourth-order valence-corrected chi connectivity index (χ4v) is 2.68. The average molecular weight is 270 g/mol. The Bertz CT molecular complexity index is 249. The molecule has 108 valence electrons. The molecule has 0 N–H and O–H groups in total. The Morgan fingerprint density at radius 2 is 0.895 bits per heavy atom. The van der Waals surface area contributed by atoms with E-state index in [0.29, 0.717) is 24.4 Å². The molecule has 0 aromatic rings. The third kappa shape index (κ3) is 4.39. The van der Waals surface area contributed by atoms with Crippen molar-refractivity contribution in [2.75, 3.05) is 26.4 Å². The van der Waals surface area contributed by atoms with Crippen LogP contribution in [0.25, 0.3) is 0 Å². The summed E-state index contributed by atoms with van der Waals surface area (Å²) < 4.78 is 27.7. The topological polar surface area (TPSA) is 59.4 Å². The predicted octanol–water partition coefficient (Wildman–Crippen LogP) is 0.896. The monoisotopic (exact) mass is 270 g/mol. The zero-order valence-electron chi connectivity index (χ0n) is 11.2.